The molecular weight excluding hydrogens is 507 g/mol. The van der Waals surface area contributed by atoms with Gasteiger partial charge in [0.1, 0.15) is 22.8 Å². The number of hydrogen-bond acceptors (Lipinski definition) is 5. The molecule has 0 amide bonds. The molecule has 0 spiro atoms. The van der Waals surface area contributed by atoms with Crippen LogP contribution >= 0.6 is 23.2 Å². The summed E-state index contributed by atoms with van der Waals surface area (Å²) in [5.41, 5.74) is 2.00. The molecule has 1 heterocycles. The second kappa shape index (κ2) is 12.9. The molecule has 1 N–H and O–H groups in total. The van der Waals surface area contributed by atoms with Crippen LogP contribution in [0.25, 0.3) is 10.9 Å². The number of nitrogens with zero attached hydrogens (tertiary/aromatic N) is 2. The first kappa shape index (κ1) is 27.7. The summed E-state index contributed by atoms with van der Waals surface area (Å²) < 4.78 is 33.8. The number of benzene rings is 2. The van der Waals surface area contributed by atoms with Crippen LogP contribution in [0.4, 0.5) is 0 Å². The normalized spacial score (nSPS) is 11.9. The molecule has 0 aliphatic heterocycles. The van der Waals surface area contributed by atoms with Gasteiger partial charge in [0.25, 0.3) is 0 Å². The zero-order chi connectivity index (χ0) is 25.4. The van der Waals surface area contributed by atoms with Gasteiger partial charge in [-0.15, -0.1) is 0 Å². The number of unbranched alkanes of at least 4 members (excludes halogenated alkanes) is 5. The molecule has 0 aliphatic carbocycles. The maximum Gasteiger partial charge on any atom is 0.244 e. The smallest absolute Gasteiger partial charge is 0.244 e. The largest absolute Gasteiger partial charge is 0.487 e. The molecule has 35 heavy (non-hydrogen) atoms. The van der Waals surface area contributed by atoms with Crippen molar-refractivity contribution in [1.82, 2.24) is 9.29 Å². The van der Waals surface area contributed by atoms with Crippen molar-refractivity contribution in [2.24, 2.45) is 0 Å². The van der Waals surface area contributed by atoms with Crippen LogP contribution in [-0.4, -0.2) is 43.0 Å². The van der Waals surface area contributed by atoms with E-state index in [-0.39, 0.29) is 23.1 Å². The molecule has 0 radical (unpaired) electrons. The molecule has 0 unspecified atom stereocenters. The van der Waals surface area contributed by atoms with Gasteiger partial charge in [0.2, 0.25) is 10.0 Å². The molecule has 3 aromatic rings. The van der Waals surface area contributed by atoms with Crippen molar-refractivity contribution in [3.8, 4) is 5.75 Å². The number of rotatable bonds is 13. The minimum atomic E-state index is -3.79. The SMILES string of the molecule is Cc1ccc2cccc(OCc3c(Cl)ccc(S(=O)(=O)N(C)CCCCCCCCO)c3Cl)c2n1. The predicted molar refractivity (Wildman–Crippen MR) is 142 cm³/mol. The van der Waals surface area contributed by atoms with Crippen molar-refractivity contribution in [1.29, 1.82) is 0 Å². The quantitative estimate of drug-likeness (QED) is 0.255. The summed E-state index contributed by atoms with van der Waals surface area (Å²) in [6.07, 6.45) is 5.53. The maximum atomic E-state index is 13.2. The first-order valence-corrected chi connectivity index (χ1v) is 14.0. The highest BCUT2D eigenvalue weighted by molar-refractivity contribution is 7.89. The summed E-state index contributed by atoms with van der Waals surface area (Å²) in [5, 5.41) is 10.2. The van der Waals surface area contributed by atoms with E-state index in [4.69, 9.17) is 33.0 Å². The van der Waals surface area contributed by atoms with Crippen molar-refractivity contribution >= 4 is 44.1 Å². The number of halogens is 2. The summed E-state index contributed by atoms with van der Waals surface area (Å²) in [7, 11) is -2.23. The minimum absolute atomic E-state index is 0.00726. The highest BCUT2D eigenvalue weighted by Gasteiger charge is 2.26. The van der Waals surface area contributed by atoms with E-state index in [0.29, 0.717) is 22.9 Å². The highest BCUT2D eigenvalue weighted by atomic mass is 35.5. The molecule has 1 aromatic heterocycles. The lowest BCUT2D eigenvalue weighted by atomic mass is 10.1. The fraction of sp³-hybridized carbons (Fsp3) is 0.423. The van der Waals surface area contributed by atoms with Crippen molar-refractivity contribution < 1.29 is 18.3 Å². The van der Waals surface area contributed by atoms with Gasteiger partial charge in [-0.3, -0.25) is 0 Å². The molecule has 0 atom stereocenters. The molecule has 190 valence electrons. The Kier molecular flexibility index (Phi) is 10.2. The van der Waals surface area contributed by atoms with Gasteiger partial charge in [0, 0.05) is 41.9 Å². The number of pyridine rings is 1. The molecule has 0 fully saturated rings. The Labute approximate surface area is 217 Å². The minimum Gasteiger partial charge on any atom is -0.487 e. The van der Waals surface area contributed by atoms with Gasteiger partial charge >= 0.3 is 0 Å². The number of aliphatic hydroxyl groups is 1. The Morgan fingerprint density at radius 2 is 1.69 bits per heavy atom. The lowest BCUT2D eigenvalue weighted by molar-refractivity contribution is 0.282. The topological polar surface area (TPSA) is 79.7 Å². The fourth-order valence-electron chi connectivity index (χ4n) is 3.83. The molecule has 3 rings (SSSR count). The van der Waals surface area contributed by atoms with E-state index in [9.17, 15) is 8.42 Å². The number of para-hydroxylation sites is 1. The van der Waals surface area contributed by atoms with E-state index in [1.54, 1.807) is 13.1 Å². The number of aryl methyl sites for hydroxylation is 1. The van der Waals surface area contributed by atoms with Crippen LogP contribution in [-0.2, 0) is 16.6 Å². The zero-order valence-corrected chi connectivity index (χ0v) is 22.5. The Hall–Kier alpha value is -1.90. The lowest BCUT2D eigenvalue weighted by Crippen LogP contribution is -2.28. The Morgan fingerprint density at radius 1 is 0.971 bits per heavy atom. The van der Waals surface area contributed by atoms with Gasteiger partial charge in [-0.2, -0.15) is 0 Å². The van der Waals surface area contributed by atoms with E-state index in [2.05, 4.69) is 4.98 Å². The number of hydrogen-bond donors (Lipinski definition) is 1. The Morgan fingerprint density at radius 3 is 2.43 bits per heavy atom. The van der Waals surface area contributed by atoms with Gasteiger partial charge in [-0.1, -0.05) is 67.1 Å². The second-order valence-corrected chi connectivity index (χ2v) is 11.4. The summed E-state index contributed by atoms with van der Waals surface area (Å²) in [5.74, 6) is 0.572. The van der Waals surface area contributed by atoms with Gasteiger partial charge < -0.3 is 9.84 Å². The summed E-state index contributed by atoms with van der Waals surface area (Å²) in [6.45, 7) is 2.53. The summed E-state index contributed by atoms with van der Waals surface area (Å²) in [4.78, 5) is 4.58. The van der Waals surface area contributed by atoms with Crippen LogP contribution < -0.4 is 4.74 Å². The number of fused-ring (bicyclic) bond motifs is 1. The Balaban J connectivity index is 1.72. The zero-order valence-electron chi connectivity index (χ0n) is 20.1. The monoisotopic (exact) mass is 538 g/mol. The summed E-state index contributed by atoms with van der Waals surface area (Å²) in [6, 6.07) is 12.5. The van der Waals surface area contributed by atoms with Crippen LogP contribution in [0, 0.1) is 6.92 Å². The van der Waals surface area contributed by atoms with Crippen molar-refractivity contribution in [3.63, 3.8) is 0 Å². The van der Waals surface area contributed by atoms with Crippen molar-refractivity contribution in [2.45, 2.75) is 57.0 Å². The van der Waals surface area contributed by atoms with Crippen molar-refractivity contribution in [3.05, 3.63) is 63.8 Å². The highest BCUT2D eigenvalue weighted by Crippen LogP contribution is 2.34. The maximum absolute atomic E-state index is 13.2. The van der Waals surface area contributed by atoms with E-state index in [0.717, 1.165) is 55.1 Å². The van der Waals surface area contributed by atoms with Crippen LogP contribution in [0.1, 0.15) is 49.8 Å². The van der Waals surface area contributed by atoms with Gasteiger partial charge in [-0.25, -0.2) is 17.7 Å². The van der Waals surface area contributed by atoms with E-state index < -0.39 is 10.0 Å². The molecule has 0 aliphatic rings. The molecule has 0 saturated carbocycles. The van der Waals surface area contributed by atoms with Gasteiger partial charge in [0.15, 0.2) is 0 Å². The molecule has 0 saturated heterocycles. The fourth-order valence-corrected chi connectivity index (χ4v) is 5.90. The molecule has 0 bridgehead atoms. The number of aromatic nitrogens is 1. The van der Waals surface area contributed by atoms with Gasteiger partial charge in [-0.05, 0) is 44.0 Å². The van der Waals surface area contributed by atoms with Crippen LogP contribution in [0.2, 0.25) is 10.0 Å². The third-order valence-corrected chi connectivity index (χ3v) is 8.71. The average molecular weight is 540 g/mol. The lowest BCUT2D eigenvalue weighted by Gasteiger charge is -2.20. The number of aliphatic hydroxyl groups excluding tert-OH is 1. The van der Waals surface area contributed by atoms with Gasteiger partial charge in [0.05, 0.1) is 5.02 Å². The molecule has 6 nitrogen and oxygen atoms in total. The Bertz CT molecular complexity index is 1250. The first-order valence-electron chi connectivity index (χ1n) is 11.8. The second-order valence-electron chi connectivity index (χ2n) is 8.58. The number of ether oxygens (including phenoxy) is 1. The van der Waals surface area contributed by atoms with Crippen LogP contribution in [0.5, 0.6) is 5.75 Å². The third-order valence-electron chi connectivity index (χ3n) is 5.91. The van der Waals surface area contributed by atoms with E-state index >= 15 is 0 Å². The summed E-state index contributed by atoms with van der Waals surface area (Å²) >= 11 is 13.0. The van der Waals surface area contributed by atoms with Crippen LogP contribution in [0.15, 0.2) is 47.4 Å². The van der Waals surface area contributed by atoms with Crippen LogP contribution in [0.3, 0.4) is 0 Å². The average Bonchev–Trinajstić information content (AvgIpc) is 2.83. The third kappa shape index (κ3) is 7.08. The van der Waals surface area contributed by atoms with E-state index in [1.807, 2.05) is 37.3 Å². The molecule has 2 aromatic carbocycles. The molecule has 9 heteroatoms. The molecular formula is C26H32Cl2N2O4S. The van der Waals surface area contributed by atoms with E-state index in [1.165, 1.54) is 10.4 Å². The first-order chi connectivity index (χ1) is 16.8. The standard InChI is InChI=1S/C26H32Cl2N2O4S/c1-19-12-13-20-10-9-11-23(26(20)29-19)34-18-21-22(27)14-15-24(25(21)28)35(32,33)30(2)16-7-5-3-4-6-8-17-31/h9-15,31H,3-8,16-18H2,1-2H3. The predicted octanol–water partition coefficient (Wildman–Crippen LogP) is 6.38. The number of sulfonamides is 1. The van der Waals surface area contributed by atoms with Crippen molar-refractivity contribution in [2.75, 3.05) is 20.2 Å².